The van der Waals surface area contributed by atoms with Gasteiger partial charge in [-0.2, -0.15) is 11.8 Å². The van der Waals surface area contributed by atoms with Gasteiger partial charge in [0.2, 0.25) is 5.91 Å². The molecular formula is C13H23NO5S. The van der Waals surface area contributed by atoms with Crippen LogP contribution in [-0.2, 0) is 23.9 Å². The van der Waals surface area contributed by atoms with Crippen molar-refractivity contribution in [1.29, 1.82) is 0 Å². The molecule has 1 unspecified atom stereocenters. The van der Waals surface area contributed by atoms with Crippen LogP contribution in [0.15, 0.2) is 0 Å². The molecular weight excluding hydrogens is 282 g/mol. The zero-order valence-corrected chi connectivity index (χ0v) is 13.2. The highest BCUT2D eigenvalue weighted by Crippen LogP contribution is 2.09. The first-order valence-corrected chi connectivity index (χ1v) is 7.79. The first-order chi connectivity index (χ1) is 9.46. The maximum absolute atomic E-state index is 12.0. The molecule has 0 radical (unpaired) electrons. The van der Waals surface area contributed by atoms with E-state index in [0.29, 0.717) is 12.8 Å². The van der Waals surface area contributed by atoms with Crippen LogP contribution in [0, 0.1) is 5.92 Å². The summed E-state index contributed by atoms with van der Waals surface area (Å²) in [6.45, 7) is 1.71. The molecule has 0 rings (SSSR count). The van der Waals surface area contributed by atoms with E-state index in [9.17, 15) is 14.4 Å². The van der Waals surface area contributed by atoms with Gasteiger partial charge in [0.1, 0.15) is 6.04 Å². The van der Waals surface area contributed by atoms with Crippen LogP contribution in [0.5, 0.6) is 0 Å². The summed E-state index contributed by atoms with van der Waals surface area (Å²) >= 11 is 1.59. The van der Waals surface area contributed by atoms with Gasteiger partial charge in [0, 0.05) is 12.3 Å². The Hall–Kier alpha value is -1.24. The second-order valence-electron chi connectivity index (χ2n) is 4.38. The van der Waals surface area contributed by atoms with E-state index in [1.807, 2.05) is 6.26 Å². The molecule has 0 aliphatic heterocycles. The molecule has 0 saturated heterocycles. The lowest BCUT2D eigenvalue weighted by molar-refractivity contribution is -0.146. The third-order valence-corrected chi connectivity index (χ3v) is 3.51. The lowest BCUT2D eigenvalue weighted by Gasteiger charge is -2.18. The van der Waals surface area contributed by atoms with Crippen molar-refractivity contribution in [2.24, 2.45) is 5.92 Å². The van der Waals surface area contributed by atoms with Crippen LogP contribution < -0.4 is 5.32 Å². The van der Waals surface area contributed by atoms with Crippen LogP contribution in [-0.4, -0.2) is 50.1 Å². The molecule has 0 aliphatic carbocycles. The van der Waals surface area contributed by atoms with E-state index in [1.54, 1.807) is 18.7 Å². The molecule has 116 valence electrons. The number of carbonyl (C=O) groups is 3. The lowest BCUT2D eigenvalue weighted by Crippen LogP contribution is -2.44. The van der Waals surface area contributed by atoms with Gasteiger partial charge in [-0.05, 0) is 24.9 Å². The molecule has 0 bridgehead atoms. The van der Waals surface area contributed by atoms with Crippen molar-refractivity contribution in [3.05, 3.63) is 0 Å². The predicted octanol–water partition coefficient (Wildman–Crippen LogP) is 0.987. The molecule has 6 nitrogen and oxygen atoms in total. The quantitative estimate of drug-likeness (QED) is 0.640. The zero-order chi connectivity index (χ0) is 15.5. The highest BCUT2D eigenvalue weighted by atomic mass is 32.2. The Balaban J connectivity index is 4.35. The number of amides is 1. The highest BCUT2D eigenvalue weighted by Gasteiger charge is 2.24. The molecule has 1 amide bonds. The fourth-order valence-corrected chi connectivity index (χ4v) is 1.98. The summed E-state index contributed by atoms with van der Waals surface area (Å²) in [6, 6.07) is -0.638. The number of nitrogens with one attached hydrogen (secondary N) is 1. The van der Waals surface area contributed by atoms with Crippen LogP contribution in [0.2, 0.25) is 0 Å². The Labute approximate surface area is 124 Å². The van der Waals surface area contributed by atoms with Gasteiger partial charge < -0.3 is 14.8 Å². The minimum atomic E-state index is -0.638. The maximum atomic E-state index is 12.0. The number of carbonyl (C=O) groups excluding carboxylic acids is 3. The van der Waals surface area contributed by atoms with Crippen molar-refractivity contribution in [2.75, 3.05) is 26.2 Å². The topological polar surface area (TPSA) is 81.7 Å². The van der Waals surface area contributed by atoms with Crippen molar-refractivity contribution in [3.63, 3.8) is 0 Å². The number of esters is 2. The Bertz CT molecular complexity index is 335. The summed E-state index contributed by atoms with van der Waals surface area (Å²) in [6.07, 6.45) is 3.01. The van der Waals surface area contributed by atoms with Crippen LogP contribution in [0.4, 0.5) is 0 Å². The summed E-state index contributed by atoms with van der Waals surface area (Å²) in [5.74, 6) is -0.679. The molecule has 0 aromatic heterocycles. The summed E-state index contributed by atoms with van der Waals surface area (Å²) < 4.78 is 9.19. The molecule has 0 heterocycles. The van der Waals surface area contributed by atoms with Crippen molar-refractivity contribution in [1.82, 2.24) is 5.32 Å². The summed E-state index contributed by atoms with van der Waals surface area (Å²) in [7, 11) is 2.60. The van der Waals surface area contributed by atoms with E-state index < -0.39 is 12.0 Å². The first-order valence-electron chi connectivity index (χ1n) is 6.40. The SMILES string of the molecule is COC(=O)CCC(C)C(=O)N[C@@H](CCSC)C(=O)OC. The van der Waals surface area contributed by atoms with Crippen molar-refractivity contribution in [2.45, 2.75) is 32.2 Å². The molecule has 20 heavy (non-hydrogen) atoms. The van der Waals surface area contributed by atoms with E-state index in [-0.39, 0.29) is 24.2 Å². The Morgan fingerprint density at radius 1 is 1.15 bits per heavy atom. The average molecular weight is 305 g/mol. The Morgan fingerprint density at radius 3 is 2.30 bits per heavy atom. The molecule has 0 aliphatic rings. The third kappa shape index (κ3) is 7.37. The fourth-order valence-electron chi connectivity index (χ4n) is 1.51. The second-order valence-corrected chi connectivity index (χ2v) is 5.37. The summed E-state index contributed by atoms with van der Waals surface area (Å²) in [4.78, 5) is 34.6. The largest absolute Gasteiger partial charge is 0.469 e. The Kier molecular flexibility index (Phi) is 9.88. The van der Waals surface area contributed by atoms with Crippen molar-refractivity contribution >= 4 is 29.6 Å². The van der Waals surface area contributed by atoms with Crippen molar-refractivity contribution in [3.8, 4) is 0 Å². The normalized spacial score (nSPS) is 13.2. The molecule has 0 spiro atoms. The average Bonchev–Trinajstić information content (AvgIpc) is 2.47. The first kappa shape index (κ1) is 18.8. The molecule has 0 saturated carbocycles. The number of hydrogen-bond acceptors (Lipinski definition) is 6. The molecule has 2 atom stereocenters. The van der Waals surface area contributed by atoms with Gasteiger partial charge >= 0.3 is 11.9 Å². The van der Waals surface area contributed by atoms with Gasteiger partial charge in [-0.15, -0.1) is 0 Å². The van der Waals surface area contributed by atoms with Gasteiger partial charge in [-0.1, -0.05) is 6.92 Å². The monoisotopic (exact) mass is 305 g/mol. The lowest BCUT2D eigenvalue weighted by atomic mass is 10.0. The Morgan fingerprint density at radius 2 is 1.80 bits per heavy atom. The zero-order valence-electron chi connectivity index (χ0n) is 12.4. The molecule has 1 N–H and O–H groups in total. The number of ether oxygens (including phenoxy) is 2. The van der Waals surface area contributed by atoms with Crippen molar-refractivity contribution < 1.29 is 23.9 Å². The minimum Gasteiger partial charge on any atom is -0.469 e. The number of hydrogen-bond donors (Lipinski definition) is 1. The van der Waals surface area contributed by atoms with Crippen LogP contribution in [0.1, 0.15) is 26.2 Å². The molecule has 0 aromatic carbocycles. The number of methoxy groups -OCH3 is 2. The minimum absolute atomic E-state index is 0.179. The summed E-state index contributed by atoms with van der Waals surface area (Å²) in [5.41, 5.74) is 0. The smallest absolute Gasteiger partial charge is 0.328 e. The van der Waals surface area contributed by atoms with Crippen LogP contribution >= 0.6 is 11.8 Å². The van der Waals surface area contributed by atoms with Crippen LogP contribution in [0.25, 0.3) is 0 Å². The van der Waals surface area contributed by atoms with Gasteiger partial charge in [-0.3, -0.25) is 9.59 Å². The molecule has 0 aromatic rings. The van der Waals surface area contributed by atoms with E-state index in [4.69, 9.17) is 0 Å². The fraction of sp³-hybridized carbons (Fsp3) is 0.769. The van der Waals surface area contributed by atoms with E-state index in [2.05, 4.69) is 14.8 Å². The standard InChI is InChI=1S/C13H23NO5S/c1-9(5-6-11(15)18-2)12(16)14-10(7-8-20-4)13(17)19-3/h9-10H,5-8H2,1-4H3,(H,14,16)/t9?,10-/m0/s1. The van der Waals surface area contributed by atoms with Gasteiger partial charge in [0.15, 0.2) is 0 Å². The van der Waals surface area contributed by atoms with E-state index in [0.717, 1.165) is 5.75 Å². The third-order valence-electron chi connectivity index (χ3n) is 2.87. The predicted molar refractivity (Wildman–Crippen MR) is 77.4 cm³/mol. The van der Waals surface area contributed by atoms with Gasteiger partial charge in [0.05, 0.1) is 14.2 Å². The van der Waals surface area contributed by atoms with Crippen LogP contribution in [0.3, 0.4) is 0 Å². The summed E-state index contributed by atoms with van der Waals surface area (Å²) in [5, 5.41) is 2.67. The number of rotatable bonds is 9. The molecule has 0 fully saturated rings. The van der Waals surface area contributed by atoms with Gasteiger partial charge in [0.25, 0.3) is 0 Å². The van der Waals surface area contributed by atoms with Gasteiger partial charge in [-0.25, -0.2) is 4.79 Å². The second kappa shape index (κ2) is 10.5. The highest BCUT2D eigenvalue weighted by molar-refractivity contribution is 7.98. The molecule has 7 heteroatoms. The maximum Gasteiger partial charge on any atom is 0.328 e. The van der Waals surface area contributed by atoms with E-state index >= 15 is 0 Å². The van der Waals surface area contributed by atoms with E-state index in [1.165, 1.54) is 14.2 Å². The number of thioether (sulfide) groups is 1.